The highest BCUT2D eigenvalue weighted by Gasteiger charge is 2.33. The second-order valence-corrected chi connectivity index (χ2v) is 8.74. The monoisotopic (exact) mass is 388 g/mol. The lowest BCUT2D eigenvalue weighted by molar-refractivity contribution is 0.0374. The minimum Gasteiger partial charge on any atom is -0.381 e. The number of ether oxygens (including phenoxy) is 1. The van der Waals surface area contributed by atoms with Crippen molar-refractivity contribution in [3.8, 4) is 0 Å². The number of hydrogen-bond donors (Lipinski definition) is 3. The summed E-state index contributed by atoms with van der Waals surface area (Å²) in [6.07, 6.45) is 5.50. The Bertz CT molecular complexity index is 582. The molecule has 1 aliphatic rings. The van der Waals surface area contributed by atoms with E-state index in [9.17, 15) is 0 Å². The highest BCUT2D eigenvalue weighted by molar-refractivity contribution is 5.78. The van der Waals surface area contributed by atoms with E-state index in [0.29, 0.717) is 18.5 Å². The number of rotatable bonds is 10. The summed E-state index contributed by atoms with van der Waals surface area (Å²) in [4.78, 5) is 4.72. The molecule has 28 heavy (non-hydrogen) atoms. The summed E-state index contributed by atoms with van der Waals surface area (Å²) >= 11 is 0. The van der Waals surface area contributed by atoms with Crippen LogP contribution in [0.5, 0.6) is 0 Å². The number of hydrogen-bond acceptors (Lipinski definition) is 3. The lowest BCUT2D eigenvalue weighted by Gasteiger charge is -2.39. The molecule has 2 rings (SSSR count). The van der Waals surface area contributed by atoms with Crippen LogP contribution < -0.4 is 16.4 Å². The third-order valence-corrected chi connectivity index (χ3v) is 5.64. The molecule has 4 N–H and O–H groups in total. The van der Waals surface area contributed by atoms with Crippen LogP contribution in [-0.2, 0) is 4.74 Å². The molecule has 1 fully saturated rings. The van der Waals surface area contributed by atoms with E-state index in [1.54, 1.807) is 0 Å². The molecule has 0 amide bonds. The highest BCUT2D eigenvalue weighted by atomic mass is 16.5. The zero-order valence-corrected chi connectivity index (χ0v) is 18.2. The molecule has 1 aromatic rings. The Morgan fingerprint density at radius 2 is 1.79 bits per heavy atom. The summed E-state index contributed by atoms with van der Waals surface area (Å²) in [5.41, 5.74) is 7.43. The van der Waals surface area contributed by atoms with Gasteiger partial charge in [-0.15, -0.1) is 0 Å². The van der Waals surface area contributed by atoms with Crippen LogP contribution in [0, 0.1) is 5.92 Å². The zero-order chi connectivity index (χ0) is 20.4. The Morgan fingerprint density at radius 3 is 2.43 bits per heavy atom. The largest absolute Gasteiger partial charge is 0.381 e. The molecular weight excluding hydrogens is 348 g/mol. The molecule has 0 bridgehead atoms. The molecule has 5 heteroatoms. The van der Waals surface area contributed by atoms with Crippen molar-refractivity contribution in [1.29, 1.82) is 0 Å². The van der Waals surface area contributed by atoms with Gasteiger partial charge in [0.2, 0.25) is 0 Å². The molecule has 1 aromatic carbocycles. The van der Waals surface area contributed by atoms with Gasteiger partial charge in [0.05, 0.1) is 6.54 Å². The van der Waals surface area contributed by atoms with Gasteiger partial charge in [0.1, 0.15) is 0 Å². The van der Waals surface area contributed by atoms with E-state index in [1.807, 2.05) is 0 Å². The molecule has 0 aromatic heterocycles. The number of nitrogens with one attached hydrogen (secondary N) is 2. The second-order valence-electron chi connectivity index (χ2n) is 8.74. The van der Waals surface area contributed by atoms with E-state index >= 15 is 0 Å². The molecule has 2 unspecified atom stereocenters. The highest BCUT2D eigenvalue weighted by Crippen LogP contribution is 2.26. The summed E-state index contributed by atoms with van der Waals surface area (Å²) in [5, 5.41) is 7.20. The van der Waals surface area contributed by atoms with Crippen LogP contribution >= 0.6 is 0 Å². The predicted molar refractivity (Wildman–Crippen MR) is 119 cm³/mol. The van der Waals surface area contributed by atoms with Crippen LogP contribution in [-0.4, -0.2) is 37.3 Å². The first-order valence-corrected chi connectivity index (χ1v) is 10.9. The maximum absolute atomic E-state index is 6.20. The van der Waals surface area contributed by atoms with Crippen molar-refractivity contribution in [2.75, 3.05) is 19.8 Å². The van der Waals surface area contributed by atoms with E-state index in [1.165, 1.54) is 18.4 Å². The Kier molecular flexibility index (Phi) is 9.26. The average molecular weight is 389 g/mol. The van der Waals surface area contributed by atoms with Gasteiger partial charge in [0.25, 0.3) is 0 Å². The first-order chi connectivity index (χ1) is 13.4. The van der Waals surface area contributed by atoms with Gasteiger partial charge in [-0.25, -0.2) is 0 Å². The molecule has 2 atom stereocenters. The summed E-state index contributed by atoms with van der Waals surface area (Å²) in [6.45, 7) is 11.1. The summed E-state index contributed by atoms with van der Waals surface area (Å²) < 4.78 is 5.61. The average Bonchev–Trinajstić information content (AvgIpc) is 2.67. The Hall–Kier alpha value is -1.59. The van der Waals surface area contributed by atoms with E-state index in [-0.39, 0.29) is 11.6 Å². The van der Waals surface area contributed by atoms with Crippen molar-refractivity contribution < 1.29 is 4.74 Å². The van der Waals surface area contributed by atoms with Gasteiger partial charge >= 0.3 is 0 Å². The minimum atomic E-state index is -0.0688. The van der Waals surface area contributed by atoms with Crippen LogP contribution in [0.25, 0.3) is 0 Å². The third-order valence-electron chi connectivity index (χ3n) is 5.64. The molecule has 1 heterocycles. The van der Waals surface area contributed by atoms with Gasteiger partial charge in [0.15, 0.2) is 5.96 Å². The van der Waals surface area contributed by atoms with Crippen molar-refractivity contribution in [3.63, 3.8) is 0 Å². The van der Waals surface area contributed by atoms with Crippen LogP contribution in [0.4, 0.5) is 0 Å². The summed E-state index contributed by atoms with van der Waals surface area (Å²) in [6, 6.07) is 11.2. The van der Waals surface area contributed by atoms with Gasteiger partial charge in [0, 0.05) is 30.8 Å². The third kappa shape index (κ3) is 7.80. The van der Waals surface area contributed by atoms with Crippen LogP contribution in [0.2, 0.25) is 0 Å². The molecule has 0 saturated carbocycles. The fourth-order valence-corrected chi connectivity index (χ4v) is 3.83. The van der Waals surface area contributed by atoms with Crippen LogP contribution in [0.3, 0.4) is 0 Å². The van der Waals surface area contributed by atoms with Gasteiger partial charge in [-0.3, -0.25) is 4.99 Å². The first-order valence-electron chi connectivity index (χ1n) is 10.9. The molecule has 0 aliphatic carbocycles. The standard InChI is InChI=1S/C23H40N4O/c1-18(2)9-8-10-19(3)26-22(24)25-17-23(13-15-28-16-14-23)27-20(4)21-11-6-5-7-12-21/h5-7,11-12,18-20,27H,8-10,13-17H2,1-4H3,(H3,24,25,26). The van der Waals surface area contributed by atoms with Crippen LogP contribution in [0.15, 0.2) is 35.3 Å². The van der Waals surface area contributed by atoms with Gasteiger partial charge < -0.3 is 21.1 Å². The van der Waals surface area contributed by atoms with Crippen molar-refractivity contribution in [2.24, 2.45) is 16.6 Å². The predicted octanol–water partition coefficient (Wildman–Crippen LogP) is 4.01. The Morgan fingerprint density at radius 1 is 1.11 bits per heavy atom. The Balaban J connectivity index is 1.92. The topological polar surface area (TPSA) is 71.7 Å². The molecule has 5 nitrogen and oxygen atoms in total. The molecule has 1 saturated heterocycles. The second kappa shape index (κ2) is 11.4. The molecule has 1 aliphatic heterocycles. The normalized spacial score (nSPS) is 19.4. The quantitative estimate of drug-likeness (QED) is 0.418. The van der Waals surface area contributed by atoms with E-state index in [4.69, 9.17) is 15.5 Å². The van der Waals surface area contributed by atoms with E-state index in [0.717, 1.165) is 38.4 Å². The zero-order valence-electron chi connectivity index (χ0n) is 18.2. The number of nitrogens with zero attached hydrogens (tertiary/aromatic N) is 1. The summed E-state index contributed by atoms with van der Waals surface area (Å²) in [7, 11) is 0. The van der Waals surface area contributed by atoms with Gasteiger partial charge in [-0.1, -0.05) is 57.0 Å². The number of guanidine groups is 1. The number of nitrogens with two attached hydrogens (primary N) is 1. The first kappa shape index (κ1) is 22.7. The van der Waals surface area contributed by atoms with Crippen molar-refractivity contribution >= 4 is 5.96 Å². The Labute approximate surface area is 171 Å². The lowest BCUT2D eigenvalue weighted by Crippen LogP contribution is -2.53. The van der Waals surface area contributed by atoms with Gasteiger partial charge in [-0.2, -0.15) is 0 Å². The molecule has 158 valence electrons. The van der Waals surface area contributed by atoms with Crippen molar-refractivity contribution in [1.82, 2.24) is 10.6 Å². The van der Waals surface area contributed by atoms with Gasteiger partial charge in [-0.05, 0) is 44.6 Å². The fraction of sp³-hybridized carbons (Fsp3) is 0.696. The molecular formula is C23H40N4O. The minimum absolute atomic E-state index is 0.0688. The SMILES string of the molecule is CC(C)CCCC(C)NC(N)=NCC1(NC(C)c2ccccc2)CCOCC1. The fourth-order valence-electron chi connectivity index (χ4n) is 3.83. The maximum atomic E-state index is 6.20. The number of benzene rings is 1. The van der Waals surface area contributed by atoms with E-state index in [2.05, 4.69) is 68.7 Å². The number of aliphatic imine (C=N–C) groups is 1. The van der Waals surface area contributed by atoms with Crippen molar-refractivity contribution in [2.45, 2.75) is 77.4 Å². The molecule has 0 spiro atoms. The molecule has 0 radical (unpaired) electrons. The van der Waals surface area contributed by atoms with Crippen LogP contribution in [0.1, 0.15) is 71.4 Å². The lowest BCUT2D eigenvalue weighted by atomic mass is 9.88. The van der Waals surface area contributed by atoms with Crippen molar-refractivity contribution in [3.05, 3.63) is 35.9 Å². The smallest absolute Gasteiger partial charge is 0.188 e. The van der Waals surface area contributed by atoms with E-state index < -0.39 is 0 Å². The summed E-state index contributed by atoms with van der Waals surface area (Å²) in [5.74, 6) is 1.31. The maximum Gasteiger partial charge on any atom is 0.188 e.